The Balaban J connectivity index is 1.14. The number of aromatic nitrogens is 1. The third kappa shape index (κ3) is 6.97. The Bertz CT molecular complexity index is 4050. The third-order valence-electron chi connectivity index (χ3n) is 14.0. The molecule has 1 heterocycles. The lowest BCUT2D eigenvalue weighted by Gasteiger charge is -2.32. The first-order valence-corrected chi connectivity index (χ1v) is 24.1. The van der Waals surface area contributed by atoms with Gasteiger partial charge in [-0.25, -0.2) is 0 Å². The zero-order valence-corrected chi connectivity index (χ0v) is 38.5. The summed E-state index contributed by atoms with van der Waals surface area (Å²) in [5.74, 6) is 0. The van der Waals surface area contributed by atoms with Crippen LogP contribution in [0, 0.1) is 0 Å². The van der Waals surface area contributed by atoms with Crippen LogP contribution in [0.1, 0.15) is 0 Å². The quantitative estimate of drug-likeness (QED) is 0.140. The van der Waals surface area contributed by atoms with Gasteiger partial charge in [-0.3, -0.25) is 0 Å². The number of hydrogen-bond donors (Lipinski definition) is 0. The smallest absolute Gasteiger partial charge is 0.0547 e. The van der Waals surface area contributed by atoms with Crippen LogP contribution >= 0.6 is 0 Å². The molecule has 328 valence electrons. The molecule has 0 unspecified atom stereocenters. The van der Waals surface area contributed by atoms with Crippen molar-refractivity contribution in [1.29, 1.82) is 0 Å². The molecule has 0 spiro atoms. The minimum Gasteiger partial charge on any atom is -0.309 e. The van der Waals surface area contributed by atoms with E-state index >= 15 is 0 Å². The van der Waals surface area contributed by atoms with Gasteiger partial charge < -0.3 is 9.47 Å². The van der Waals surface area contributed by atoms with Crippen LogP contribution in [0.3, 0.4) is 0 Å². The summed E-state index contributed by atoms with van der Waals surface area (Å²) < 4.78 is 2.41. The van der Waals surface area contributed by atoms with E-state index in [1.807, 2.05) is 0 Å². The number of nitrogens with zero attached hydrogens (tertiary/aromatic N) is 2. The van der Waals surface area contributed by atoms with Crippen LogP contribution in [0.15, 0.2) is 279 Å². The Labute approximate surface area is 408 Å². The second kappa shape index (κ2) is 17.4. The summed E-state index contributed by atoms with van der Waals surface area (Å²) in [7, 11) is 0. The van der Waals surface area contributed by atoms with Crippen LogP contribution in [0.5, 0.6) is 0 Å². The summed E-state index contributed by atoms with van der Waals surface area (Å²) in [6, 6.07) is 102. The Morgan fingerprint density at radius 3 is 1.41 bits per heavy atom. The SMILES string of the molecule is c1ccc(-c2ccc(-c3cccc4ccccc34)cc2N(c2ccccc2-c2cccc3cccc(-c4ccccc4)c23)c2ccccc2-c2cccc3c2c2ccccc2n3-c2ccccc2)cc1. The molecule has 0 saturated heterocycles. The number of para-hydroxylation sites is 4. The molecule has 2 heteroatoms. The molecule has 0 amide bonds. The van der Waals surface area contributed by atoms with Gasteiger partial charge in [-0.05, 0) is 103 Å². The Hall–Kier alpha value is -9.24. The van der Waals surface area contributed by atoms with E-state index in [2.05, 4.69) is 289 Å². The molecule has 70 heavy (non-hydrogen) atoms. The molecular weight excluding hydrogens is 845 g/mol. The van der Waals surface area contributed by atoms with Gasteiger partial charge in [0, 0.05) is 33.2 Å². The highest BCUT2D eigenvalue weighted by atomic mass is 15.2. The van der Waals surface area contributed by atoms with Crippen LogP contribution < -0.4 is 4.90 Å². The fourth-order valence-electron chi connectivity index (χ4n) is 10.9. The summed E-state index contributed by atoms with van der Waals surface area (Å²) in [6.07, 6.45) is 0. The summed E-state index contributed by atoms with van der Waals surface area (Å²) in [4.78, 5) is 2.56. The van der Waals surface area contributed by atoms with Crippen LogP contribution in [0.4, 0.5) is 17.1 Å². The fraction of sp³-hybridized carbons (Fsp3) is 0. The number of fused-ring (bicyclic) bond motifs is 5. The molecule has 0 aliphatic heterocycles. The van der Waals surface area contributed by atoms with Crippen LogP contribution in [-0.2, 0) is 0 Å². The maximum atomic E-state index is 2.56. The molecule has 0 bridgehead atoms. The molecule has 12 aromatic carbocycles. The van der Waals surface area contributed by atoms with Gasteiger partial charge in [0.1, 0.15) is 0 Å². The van der Waals surface area contributed by atoms with Crippen molar-refractivity contribution in [3.05, 3.63) is 279 Å². The summed E-state index contributed by atoms with van der Waals surface area (Å²) in [6.45, 7) is 0. The standard InChI is InChI=1S/C68H46N2/c1-4-22-48(23-5-1)55-45-44-51(54-36-18-27-47-26-10-11-32-53(47)54)46-66(55)70(62-40-15-12-33-57(62)59-38-20-29-50-28-19-37-56(67(50)59)49-24-6-2-7-25-49)63-41-16-13-34-58(63)60-39-21-43-65-68(60)61-35-14-17-42-64(61)69(65)52-30-8-3-9-31-52/h1-46H. The average Bonchev–Trinajstić information content (AvgIpc) is 3.78. The lowest BCUT2D eigenvalue weighted by Crippen LogP contribution is -2.14. The van der Waals surface area contributed by atoms with E-state index < -0.39 is 0 Å². The Morgan fingerprint density at radius 1 is 0.243 bits per heavy atom. The second-order valence-corrected chi connectivity index (χ2v) is 18.0. The van der Waals surface area contributed by atoms with Gasteiger partial charge in [0.25, 0.3) is 0 Å². The minimum absolute atomic E-state index is 1.08. The molecular formula is C68H46N2. The molecule has 1 aromatic heterocycles. The third-order valence-corrected chi connectivity index (χ3v) is 14.0. The van der Waals surface area contributed by atoms with E-state index in [1.54, 1.807) is 0 Å². The summed E-state index contributed by atoms with van der Waals surface area (Å²) in [5.41, 5.74) is 18.4. The largest absolute Gasteiger partial charge is 0.309 e. The van der Waals surface area contributed by atoms with Crippen molar-refractivity contribution in [2.75, 3.05) is 4.90 Å². The highest BCUT2D eigenvalue weighted by Crippen LogP contribution is 2.51. The lowest BCUT2D eigenvalue weighted by molar-refractivity contribution is 1.18. The van der Waals surface area contributed by atoms with Crippen molar-refractivity contribution in [2.24, 2.45) is 0 Å². The monoisotopic (exact) mass is 890 g/mol. The summed E-state index contributed by atoms with van der Waals surface area (Å²) in [5, 5.41) is 7.30. The first kappa shape index (κ1) is 41.0. The van der Waals surface area contributed by atoms with E-state index in [0.717, 1.165) is 50.6 Å². The van der Waals surface area contributed by atoms with Crippen molar-refractivity contribution in [2.45, 2.75) is 0 Å². The normalized spacial score (nSPS) is 11.4. The van der Waals surface area contributed by atoms with E-state index in [0.29, 0.717) is 0 Å². The van der Waals surface area contributed by atoms with Crippen LogP contribution in [-0.4, -0.2) is 4.57 Å². The van der Waals surface area contributed by atoms with Gasteiger partial charge >= 0.3 is 0 Å². The summed E-state index contributed by atoms with van der Waals surface area (Å²) >= 11 is 0. The Morgan fingerprint density at radius 2 is 0.714 bits per heavy atom. The highest BCUT2D eigenvalue weighted by Gasteiger charge is 2.26. The van der Waals surface area contributed by atoms with E-state index in [1.165, 1.54) is 71.2 Å². The molecule has 2 nitrogen and oxygen atoms in total. The zero-order chi connectivity index (χ0) is 46.4. The fourth-order valence-corrected chi connectivity index (χ4v) is 10.9. The predicted molar refractivity (Wildman–Crippen MR) is 298 cm³/mol. The molecule has 0 fully saturated rings. The van der Waals surface area contributed by atoms with Crippen molar-refractivity contribution in [3.63, 3.8) is 0 Å². The van der Waals surface area contributed by atoms with Gasteiger partial charge in [-0.1, -0.05) is 237 Å². The number of hydrogen-bond acceptors (Lipinski definition) is 1. The molecule has 13 rings (SSSR count). The molecule has 0 N–H and O–H groups in total. The van der Waals surface area contributed by atoms with Gasteiger partial charge in [-0.15, -0.1) is 0 Å². The Kier molecular flexibility index (Phi) is 10.2. The van der Waals surface area contributed by atoms with Gasteiger partial charge in [0.05, 0.1) is 28.1 Å². The number of benzene rings is 12. The van der Waals surface area contributed by atoms with Gasteiger partial charge in [0.2, 0.25) is 0 Å². The van der Waals surface area contributed by atoms with E-state index in [9.17, 15) is 0 Å². The first-order chi connectivity index (χ1) is 34.8. The minimum atomic E-state index is 1.08. The van der Waals surface area contributed by atoms with E-state index in [4.69, 9.17) is 0 Å². The van der Waals surface area contributed by atoms with Gasteiger partial charge in [0.15, 0.2) is 0 Å². The topological polar surface area (TPSA) is 8.17 Å². The van der Waals surface area contributed by atoms with E-state index in [-0.39, 0.29) is 0 Å². The molecule has 0 saturated carbocycles. The maximum absolute atomic E-state index is 2.56. The van der Waals surface area contributed by atoms with Crippen molar-refractivity contribution in [3.8, 4) is 61.3 Å². The maximum Gasteiger partial charge on any atom is 0.0547 e. The van der Waals surface area contributed by atoms with Crippen molar-refractivity contribution < 1.29 is 0 Å². The molecule has 0 atom stereocenters. The number of anilines is 3. The average molecular weight is 891 g/mol. The first-order valence-electron chi connectivity index (χ1n) is 24.1. The molecule has 0 aliphatic rings. The zero-order valence-electron chi connectivity index (χ0n) is 38.5. The number of rotatable bonds is 9. The van der Waals surface area contributed by atoms with Crippen LogP contribution in [0.2, 0.25) is 0 Å². The van der Waals surface area contributed by atoms with Crippen molar-refractivity contribution >= 4 is 60.4 Å². The van der Waals surface area contributed by atoms with Gasteiger partial charge in [-0.2, -0.15) is 0 Å². The van der Waals surface area contributed by atoms with Crippen molar-refractivity contribution in [1.82, 2.24) is 4.57 Å². The highest BCUT2D eigenvalue weighted by molar-refractivity contribution is 6.17. The van der Waals surface area contributed by atoms with Crippen LogP contribution in [0.25, 0.3) is 105 Å². The predicted octanol–water partition coefficient (Wildman–Crippen LogP) is 18.9. The second-order valence-electron chi connectivity index (χ2n) is 18.0. The molecule has 13 aromatic rings. The lowest BCUT2D eigenvalue weighted by atomic mass is 9.89. The molecule has 0 aliphatic carbocycles. The molecule has 0 radical (unpaired) electrons.